The van der Waals surface area contributed by atoms with Crippen LogP contribution in [0.4, 0.5) is 4.79 Å². The normalized spacial score (nSPS) is 22.1. The lowest BCUT2D eigenvalue weighted by Gasteiger charge is -2.32. The van der Waals surface area contributed by atoms with E-state index in [1.807, 2.05) is 52.0 Å². The van der Waals surface area contributed by atoms with Crippen LogP contribution < -0.4 is 10.8 Å². The Kier molecular flexibility index (Phi) is 5.09. The van der Waals surface area contributed by atoms with E-state index >= 15 is 0 Å². The standard InChI is InChI=1S/C18H27BN2O4/c1-17(2)18(3,4)25-19(24-17)15-7-5-14(6-8-15)13-23-16(22)21-11-9-20-10-12-21/h5-8,20H,9-13H2,1-4H3. The lowest BCUT2D eigenvalue weighted by Crippen LogP contribution is -2.46. The minimum Gasteiger partial charge on any atom is -0.445 e. The molecule has 2 aliphatic heterocycles. The maximum atomic E-state index is 12.0. The lowest BCUT2D eigenvalue weighted by molar-refractivity contribution is 0.00578. The summed E-state index contributed by atoms with van der Waals surface area (Å²) in [5, 5.41) is 3.21. The highest BCUT2D eigenvalue weighted by molar-refractivity contribution is 6.62. The van der Waals surface area contributed by atoms with E-state index in [2.05, 4.69) is 5.32 Å². The highest BCUT2D eigenvalue weighted by Crippen LogP contribution is 2.36. The molecule has 2 heterocycles. The van der Waals surface area contributed by atoms with Crippen molar-refractivity contribution in [1.82, 2.24) is 10.2 Å². The van der Waals surface area contributed by atoms with Crippen molar-refractivity contribution in [2.24, 2.45) is 0 Å². The SMILES string of the molecule is CC1(C)OB(c2ccc(COC(=O)N3CCNCC3)cc2)OC1(C)C. The summed E-state index contributed by atoms with van der Waals surface area (Å²) in [6.45, 7) is 11.4. The van der Waals surface area contributed by atoms with Crippen LogP contribution in [-0.2, 0) is 20.7 Å². The molecule has 1 aromatic rings. The Labute approximate surface area is 150 Å². The van der Waals surface area contributed by atoms with E-state index in [1.165, 1.54) is 0 Å². The number of carbonyl (C=O) groups is 1. The van der Waals surface area contributed by atoms with Crippen LogP contribution in [-0.4, -0.2) is 55.5 Å². The zero-order valence-corrected chi connectivity index (χ0v) is 15.5. The minimum absolute atomic E-state index is 0.253. The Morgan fingerprint density at radius 2 is 1.68 bits per heavy atom. The minimum atomic E-state index is -0.373. The average molecular weight is 346 g/mol. The molecule has 0 saturated carbocycles. The van der Waals surface area contributed by atoms with Crippen molar-refractivity contribution in [3.05, 3.63) is 29.8 Å². The van der Waals surface area contributed by atoms with Gasteiger partial charge in [0.1, 0.15) is 6.61 Å². The van der Waals surface area contributed by atoms with Crippen LogP contribution in [0.15, 0.2) is 24.3 Å². The second-order valence-corrected chi connectivity index (χ2v) is 7.62. The predicted molar refractivity (Wildman–Crippen MR) is 96.8 cm³/mol. The van der Waals surface area contributed by atoms with Gasteiger partial charge in [-0.1, -0.05) is 24.3 Å². The molecule has 2 fully saturated rings. The van der Waals surface area contributed by atoms with E-state index in [1.54, 1.807) is 4.90 Å². The summed E-state index contributed by atoms with van der Waals surface area (Å²) in [5.41, 5.74) is 1.21. The van der Waals surface area contributed by atoms with E-state index < -0.39 is 0 Å². The van der Waals surface area contributed by atoms with Crippen LogP contribution in [0, 0.1) is 0 Å². The van der Waals surface area contributed by atoms with Crippen molar-refractivity contribution >= 4 is 18.7 Å². The fourth-order valence-electron chi connectivity index (χ4n) is 2.83. The predicted octanol–water partition coefficient (Wildman–Crippen LogP) is 1.53. The summed E-state index contributed by atoms with van der Waals surface area (Å²) in [4.78, 5) is 13.8. The number of benzene rings is 1. The molecule has 0 radical (unpaired) electrons. The van der Waals surface area contributed by atoms with Crippen molar-refractivity contribution in [1.29, 1.82) is 0 Å². The smallest absolute Gasteiger partial charge is 0.445 e. The summed E-state index contributed by atoms with van der Waals surface area (Å²) in [6.07, 6.45) is -0.253. The Morgan fingerprint density at radius 3 is 2.24 bits per heavy atom. The van der Waals surface area contributed by atoms with E-state index in [0.717, 1.165) is 24.1 Å². The summed E-state index contributed by atoms with van der Waals surface area (Å²) in [5.74, 6) is 0. The zero-order chi connectivity index (χ0) is 18.1. The van der Waals surface area contributed by atoms with Gasteiger partial charge in [0.25, 0.3) is 0 Å². The molecular formula is C18H27BN2O4. The number of nitrogens with zero attached hydrogens (tertiary/aromatic N) is 1. The first kappa shape index (κ1) is 18.2. The topological polar surface area (TPSA) is 60.0 Å². The first-order valence-corrected chi connectivity index (χ1v) is 8.85. The van der Waals surface area contributed by atoms with Gasteiger partial charge in [-0.25, -0.2) is 4.79 Å². The first-order chi connectivity index (χ1) is 11.8. The van der Waals surface area contributed by atoms with Crippen LogP contribution in [0.3, 0.4) is 0 Å². The molecule has 1 aromatic carbocycles. The summed E-state index contributed by atoms with van der Waals surface area (Å²) in [6, 6.07) is 7.84. The fourth-order valence-corrected chi connectivity index (χ4v) is 2.83. The number of amides is 1. The molecule has 1 N–H and O–H groups in total. The molecule has 2 aliphatic rings. The number of rotatable bonds is 3. The Hall–Kier alpha value is -1.57. The third kappa shape index (κ3) is 3.99. The number of ether oxygens (including phenoxy) is 1. The Balaban J connectivity index is 1.55. The van der Waals surface area contributed by atoms with Crippen LogP contribution in [0.1, 0.15) is 33.3 Å². The summed E-state index contributed by atoms with van der Waals surface area (Å²) < 4.78 is 17.5. The van der Waals surface area contributed by atoms with Gasteiger partial charge in [-0.3, -0.25) is 0 Å². The maximum absolute atomic E-state index is 12.0. The molecule has 25 heavy (non-hydrogen) atoms. The number of hydrogen-bond donors (Lipinski definition) is 1. The van der Waals surface area contributed by atoms with Gasteiger partial charge in [-0.2, -0.15) is 0 Å². The molecule has 1 amide bonds. The van der Waals surface area contributed by atoms with Crippen molar-refractivity contribution in [2.75, 3.05) is 26.2 Å². The van der Waals surface area contributed by atoms with E-state index in [0.29, 0.717) is 13.1 Å². The fraction of sp³-hybridized carbons (Fsp3) is 0.611. The van der Waals surface area contributed by atoms with Gasteiger partial charge in [0.15, 0.2) is 0 Å². The van der Waals surface area contributed by atoms with Crippen LogP contribution in [0.5, 0.6) is 0 Å². The van der Waals surface area contributed by atoms with E-state index in [4.69, 9.17) is 14.0 Å². The van der Waals surface area contributed by atoms with Gasteiger partial charge in [-0.05, 0) is 38.7 Å². The second kappa shape index (κ2) is 6.98. The third-order valence-electron chi connectivity index (χ3n) is 5.24. The monoisotopic (exact) mass is 346 g/mol. The molecular weight excluding hydrogens is 319 g/mol. The van der Waals surface area contributed by atoms with Crippen molar-refractivity contribution in [3.8, 4) is 0 Å². The van der Waals surface area contributed by atoms with E-state index in [-0.39, 0.29) is 31.0 Å². The average Bonchev–Trinajstić information content (AvgIpc) is 2.82. The molecule has 0 bridgehead atoms. The number of nitrogens with one attached hydrogen (secondary N) is 1. The van der Waals surface area contributed by atoms with Crippen LogP contribution >= 0.6 is 0 Å². The molecule has 0 spiro atoms. The number of carbonyl (C=O) groups excluding carboxylic acids is 1. The summed E-state index contributed by atoms with van der Waals surface area (Å²) >= 11 is 0. The maximum Gasteiger partial charge on any atom is 0.494 e. The highest BCUT2D eigenvalue weighted by atomic mass is 16.7. The molecule has 0 unspecified atom stereocenters. The molecule has 0 aliphatic carbocycles. The molecule has 0 atom stereocenters. The van der Waals surface area contributed by atoms with E-state index in [9.17, 15) is 4.79 Å². The third-order valence-corrected chi connectivity index (χ3v) is 5.24. The van der Waals surface area contributed by atoms with Crippen LogP contribution in [0.2, 0.25) is 0 Å². The van der Waals surface area contributed by atoms with Crippen molar-refractivity contribution in [2.45, 2.75) is 45.5 Å². The largest absolute Gasteiger partial charge is 0.494 e. The van der Waals surface area contributed by atoms with Crippen molar-refractivity contribution < 1.29 is 18.8 Å². The van der Waals surface area contributed by atoms with Gasteiger partial charge in [-0.15, -0.1) is 0 Å². The van der Waals surface area contributed by atoms with Gasteiger partial charge in [0, 0.05) is 26.2 Å². The Morgan fingerprint density at radius 1 is 1.12 bits per heavy atom. The van der Waals surface area contributed by atoms with Gasteiger partial charge < -0.3 is 24.3 Å². The van der Waals surface area contributed by atoms with Crippen molar-refractivity contribution in [3.63, 3.8) is 0 Å². The number of piperazine rings is 1. The summed E-state index contributed by atoms with van der Waals surface area (Å²) in [7, 11) is -0.373. The quantitative estimate of drug-likeness (QED) is 0.841. The molecule has 0 aromatic heterocycles. The molecule has 3 rings (SSSR count). The van der Waals surface area contributed by atoms with Gasteiger partial charge >= 0.3 is 13.2 Å². The molecule has 6 nitrogen and oxygen atoms in total. The number of hydrogen-bond acceptors (Lipinski definition) is 5. The molecule has 7 heteroatoms. The molecule has 2 saturated heterocycles. The molecule has 136 valence electrons. The second-order valence-electron chi connectivity index (χ2n) is 7.62. The van der Waals surface area contributed by atoms with Gasteiger partial charge in [0.05, 0.1) is 11.2 Å². The zero-order valence-electron chi connectivity index (χ0n) is 15.5. The van der Waals surface area contributed by atoms with Crippen LogP contribution in [0.25, 0.3) is 0 Å². The highest BCUT2D eigenvalue weighted by Gasteiger charge is 2.51. The Bertz CT molecular complexity index is 596. The van der Waals surface area contributed by atoms with Gasteiger partial charge in [0.2, 0.25) is 0 Å². The first-order valence-electron chi connectivity index (χ1n) is 8.85. The lowest BCUT2D eigenvalue weighted by atomic mass is 9.79.